The number of fused-ring (bicyclic) bond motifs is 3. The number of rotatable bonds is 7. The molecule has 1 saturated heterocycles. The SMILES string of the molecule is CCCN(CC1(O)CCC2C34C=CC5(C=C3C(=O)c3ccccc3)CC(O)CCC5(C)C4CCC21C)C(=O)C12CCC(C)(C(=O)O1)C2(C)C. The van der Waals surface area contributed by atoms with Crippen LogP contribution < -0.4 is 0 Å². The van der Waals surface area contributed by atoms with Crippen molar-refractivity contribution in [3.8, 4) is 0 Å². The Balaban J connectivity index is 1.20. The zero-order valence-electron chi connectivity index (χ0n) is 30.3. The van der Waals surface area contributed by atoms with E-state index in [1.54, 1.807) is 0 Å². The number of allylic oxidation sites excluding steroid dienone is 4. The Kier molecular flexibility index (Phi) is 6.93. The molecule has 2 N–H and O–H groups in total. The van der Waals surface area contributed by atoms with E-state index < -0.39 is 39.0 Å². The molecule has 1 amide bonds. The summed E-state index contributed by atoms with van der Waals surface area (Å²) < 4.78 is 6.06. The zero-order chi connectivity index (χ0) is 35.0. The minimum absolute atomic E-state index is 0.00634. The van der Waals surface area contributed by atoms with Crippen LogP contribution in [0.5, 0.6) is 0 Å². The number of esters is 1. The second-order valence-electron chi connectivity index (χ2n) is 18.4. The molecule has 5 fully saturated rings. The van der Waals surface area contributed by atoms with Gasteiger partial charge in [-0.05, 0) is 88.4 Å². The van der Waals surface area contributed by atoms with Crippen molar-refractivity contribution in [2.24, 2.45) is 44.3 Å². The van der Waals surface area contributed by atoms with Gasteiger partial charge in [0, 0.05) is 39.3 Å². The summed E-state index contributed by atoms with van der Waals surface area (Å²) in [6, 6.07) is 9.57. The first kappa shape index (κ1) is 33.4. The summed E-state index contributed by atoms with van der Waals surface area (Å²) in [6.45, 7) is 13.2. The quantitative estimate of drug-likeness (QED) is 0.188. The van der Waals surface area contributed by atoms with Crippen LogP contribution >= 0.6 is 0 Å². The number of hydrogen-bond donors (Lipinski definition) is 2. The van der Waals surface area contributed by atoms with Crippen molar-refractivity contribution in [2.45, 2.75) is 123 Å². The number of nitrogens with zero attached hydrogens (tertiary/aromatic N) is 1. The molecule has 2 spiro atoms. The third-order valence-electron chi connectivity index (χ3n) is 16.7. The average molecular weight is 670 g/mol. The highest BCUT2D eigenvalue weighted by Crippen LogP contribution is 2.78. The molecule has 0 aromatic heterocycles. The van der Waals surface area contributed by atoms with Crippen LogP contribution in [0.3, 0.4) is 0 Å². The number of carbonyl (C=O) groups is 3. The van der Waals surface area contributed by atoms with Crippen molar-refractivity contribution >= 4 is 17.7 Å². The van der Waals surface area contributed by atoms with E-state index in [1.807, 2.05) is 62.9 Å². The Morgan fingerprint density at radius 2 is 1.57 bits per heavy atom. The fourth-order valence-corrected chi connectivity index (χ4v) is 13.2. The maximum absolute atomic E-state index is 14.7. The number of ketones is 1. The second-order valence-corrected chi connectivity index (χ2v) is 18.4. The van der Waals surface area contributed by atoms with Gasteiger partial charge in [0.05, 0.1) is 23.7 Å². The smallest absolute Gasteiger partial charge is 0.313 e. The third kappa shape index (κ3) is 3.75. The van der Waals surface area contributed by atoms with E-state index in [1.165, 1.54) is 0 Å². The largest absolute Gasteiger partial charge is 0.448 e. The molecule has 10 unspecified atom stereocenters. The number of aliphatic hydroxyl groups excluding tert-OH is 1. The van der Waals surface area contributed by atoms with Crippen LogP contribution in [-0.4, -0.2) is 63.2 Å². The van der Waals surface area contributed by atoms with E-state index in [9.17, 15) is 24.6 Å². The lowest BCUT2D eigenvalue weighted by Crippen LogP contribution is -2.68. The van der Waals surface area contributed by atoms with Gasteiger partial charge in [-0.1, -0.05) is 83.2 Å². The average Bonchev–Trinajstić information content (AvgIpc) is 3.52. The first-order chi connectivity index (χ1) is 23.0. The lowest BCUT2D eigenvalue weighted by atomic mass is 9.32. The number of carbonyl (C=O) groups excluding carboxylic acids is 3. The van der Waals surface area contributed by atoms with Crippen molar-refractivity contribution in [1.82, 2.24) is 4.90 Å². The highest BCUT2D eigenvalue weighted by Gasteiger charge is 2.78. The number of hydrogen-bond acceptors (Lipinski definition) is 6. The van der Waals surface area contributed by atoms with E-state index in [4.69, 9.17) is 4.74 Å². The van der Waals surface area contributed by atoms with Gasteiger partial charge in [0.25, 0.3) is 5.91 Å². The highest BCUT2D eigenvalue weighted by atomic mass is 16.6. The molecule has 10 atom stereocenters. The van der Waals surface area contributed by atoms with Gasteiger partial charge in [-0.15, -0.1) is 0 Å². The van der Waals surface area contributed by atoms with Gasteiger partial charge in [-0.2, -0.15) is 0 Å². The summed E-state index contributed by atoms with van der Waals surface area (Å²) in [5, 5.41) is 24.0. The van der Waals surface area contributed by atoms with Crippen molar-refractivity contribution in [3.63, 3.8) is 0 Å². The predicted molar refractivity (Wildman–Crippen MR) is 186 cm³/mol. The van der Waals surface area contributed by atoms with Crippen LogP contribution in [0.25, 0.3) is 0 Å². The fourth-order valence-electron chi connectivity index (χ4n) is 13.2. The van der Waals surface area contributed by atoms with Crippen LogP contribution in [0.2, 0.25) is 0 Å². The van der Waals surface area contributed by atoms with E-state index in [2.05, 4.69) is 32.1 Å². The Morgan fingerprint density at radius 3 is 2.22 bits per heavy atom. The van der Waals surface area contributed by atoms with E-state index >= 15 is 0 Å². The number of benzene rings is 1. The molecular formula is C42H55NO6. The summed E-state index contributed by atoms with van der Waals surface area (Å²) in [7, 11) is 0. The number of Topliss-reactive ketones (excluding diaryl/α,β-unsaturated/α-hetero) is 1. The Labute approximate surface area is 291 Å². The minimum atomic E-state index is -1.23. The van der Waals surface area contributed by atoms with E-state index in [0.717, 1.165) is 44.1 Å². The maximum Gasteiger partial charge on any atom is 0.313 e. The number of ether oxygens (including phenoxy) is 1. The molecule has 7 aliphatic carbocycles. The van der Waals surface area contributed by atoms with Crippen molar-refractivity contribution in [1.29, 1.82) is 0 Å². The molecule has 7 heteroatoms. The molecule has 7 nitrogen and oxygen atoms in total. The first-order valence-corrected chi connectivity index (χ1v) is 19.0. The molecule has 8 aliphatic rings. The van der Waals surface area contributed by atoms with Gasteiger partial charge in [0.15, 0.2) is 11.4 Å². The highest BCUT2D eigenvalue weighted by molar-refractivity contribution is 6.10. The van der Waals surface area contributed by atoms with Crippen LogP contribution in [0.4, 0.5) is 0 Å². The predicted octanol–water partition coefficient (Wildman–Crippen LogP) is 6.82. The molecule has 1 aliphatic heterocycles. The van der Waals surface area contributed by atoms with E-state index in [-0.39, 0.29) is 46.9 Å². The number of aliphatic hydroxyl groups is 2. The minimum Gasteiger partial charge on any atom is -0.448 e. The summed E-state index contributed by atoms with van der Waals surface area (Å²) in [6.07, 6.45) is 13.6. The van der Waals surface area contributed by atoms with Gasteiger partial charge < -0.3 is 19.8 Å². The van der Waals surface area contributed by atoms with Gasteiger partial charge in [0.2, 0.25) is 0 Å². The summed E-state index contributed by atoms with van der Waals surface area (Å²) in [4.78, 5) is 44.4. The standard InChI is InChI=1S/C42H55NO6/c1-7-23-43(33(46)42-22-19-38(6,34(47)49-42)35(42,2)3)26-40(48)18-15-31-37(40,5)17-14-30-36(4)16-13-28(44)24-39(36)20-21-41(30,31)29(25-39)32(45)27-11-9-8-10-12-27/h8-12,20-21,25,28,30-31,44,48H,7,13-19,22-24,26H2,1-6H3. The summed E-state index contributed by atoms with van der Waals surface area (Å²) in [5.41, 5.74) is -3.89. The molecular weight excluding hydrogens is 614 g/mol. The van der Waals surface area contributed by atoms with Crippen LogP contribution in [-0.2, 0) is 14.3 Å². The Bertz CT molecular complexity index is 1680. The monoisotopic (exact) mass is 669 g/mol. The normalized spacial score (nSPS) is 46.8. The van der Waals surface area contributed by atoms with Gasteiger partial charge in [-0.25, -0.2) is 0 Å². The third-order valence-corrected chi connectivity index (χ3v) is 16.7. The molecule has 264 valence electrons. The van der Waals surface area contributed by atoms with Crippen LogP contribution in [0.15, 0.2) is 54.1 Å². The lowest BCUT2D eigenvalue weighted by Gasteiger charge is -2.71. The molecule has 1 heterocycles. The van der Waals surface area contributed by atoms with Crippen LogP contribution in [0, 0.1) is 44.3 Å². The Morgan fingerprint density at radius 1 is 0.898 bits per heavy atom. The van der Waals surface area contributed by atoms with E-state index in [0.29, 0.717) is 37.8 Å². The molecule has 4 bridgehead atoms. The molecule has 4 saturated carbocycles. The van der Waals surface area contributed by atoms with Crippen molar-refractivity contribution < 1.29 is 29.3 Å². The first-order valence-electron chi connectivity index (χ1n) is 19.0. The molecule has 0 radical (unpaired) electrons. The molecule has 1 aromatic carbocycles. The fraction of sp³-hybridized carbons (Fsp3) is 0.690. The molecule has 1 aromatic rings. The van der Waals surface area contributed by atoms with Crippen molar-refractivity contribution in [2.75, 3.05) is 13.1 Å². The molecule has 49 heavy (non-hydrogen) atoms. The summed E-state index contributed by atoms with van der Waals surface area (Å²) in [5.74, 6) is -0.219. The summed E-state index contributed by atoms with van der Waals surface area (Å²) >= 11 is 0. The zero-order valence-corrected chi connectivity index (χ0v) is 30.3. The van der Waals surface area contributed by atoms with Crippen molar-refractivity contribution in [3.05, 3.63) is 59.7 Å². The lowest BCUT2D eigenvalue weighted by molar-refractivity contribution is -0.187. The Hall–Kier alpha value is -2.77. The number of amides is 1. The second kappa shape index (κ2) is 10.2. The molecule has 9 rings (SSSR count). The van der Waals surface area contributed by atoms with Crippen LogP contribution in [0.1, 0.15) is 116 Å². The topological polar surface area (TPSA) is 104 Å². The van der Waals surface area contributed by atoms with Gasteiger partial charge >= 0.3 is 5.97 Å². The van der Waals surface area contributed by atoms with Gasteiger partial charge in [0.1, 0.15) is 0 Å². The van der Waals surface area contributed by atoms with Gasteiger partial charge in [-0.3, -0.25) is 14.4 Å². The maximum atomic E-state index is 14.7.